The maximum Gasteiger partial charge on any atom is 0.408 e. The number of carbonyl (C=O) groups is 2. The van der Waals surface area contributed by atoms with Gasteiger partial charge in [-0.25, -0.2) is 9.59 Å². The minimum Gasteiger partial charge on any atom is -0.491 e. The molecule has 0 aliphatic heterocycles. The molecule has 1 fully saturated rings. The van der Waals surface area contributed by atoms with Crippen LogP contribution in [0.4, 0.5) is 4.79 Å². The molecular weight excluding hydrogens is 310 g/mol. The molecule has 0 heterocycles. The molecule has 1 aliphatic carbocycles. The summed E-state index contributed by atoms with van der Waals surface area (Å²) in [7, 11) is 0. The Morgan fingerprint density at radius 1 is 1.25 bits per heavy atom. The summed E-state index contributed by atoms with van der Waals surface area (Å²) in [6.45, 7) is 7.89. The van der Waals surface area contributed by atoms with Gasteiger partial charge in [0, 0.05) is 0 Å². The van der Waals surface area contributed by atoms with Crippen molar-refractivity contribution in [2.24, 2.45) is 0 Å². The highest BCUT2D eigenvalue weighted by Crippen LogP contribution is 2.36. The van der Waals surface area contributed by atoms with Crippen LogP contribution < -0.4 is 10.1 Å². The summed E-state index contributed by atoms with van der Waals surface area (Å²) in [5.74, 6) is 0.189. The molecule has 0 spiro atoms. The van der Waals surface area contributed by atoms with Crippen LogP contribution in [0.15, 0.2) is 24.3 Å². The lowest BCUT2D eigenvalue weighted by atomic mass is 10.2. The molecule has 6 nitrogen and oxygen atoms in total. The Labute approximate surface area is 142 Å². The summed E-state index contributed by atoms with van der Waals surface area (Å²) < 4.78 is 16.0. The Morgan fingerprint density at radius 2 is 1.96 bits per heavy atom. The van der Waals surface area contributed by atoms with E-state index >= 15 is 0 Å². The number of alkyl carbamates (subject to hydrolysis) is 1. The molecule has 24 heavy (non-hydrogen) atoms. The fourth-order valence-electron chi connectivity index (χ4n) is 2.13. The number of benzene rings is 1. The number of carbonyl (C=O) groups excluding carboxylic acids is 2. The molecule has 0 saturated heterocycles. The average molecular weight is 335 g/mol. The van der Waals surface area contributed by atoms with Crippen LogP contribution in [0.1, 0.15) is 50.9 Å². The average Bonchev–Trinajstić information content (AvgIpc) is 3.23. The standard InChI is InChI=1S/C18H25NO5/c1-5-22-15(20)13-7-6-8-14(11-13)23-12-18(9-10-18)19-16(21)24-17(2,3)4/h6-8,11H,5,9-10,12H2,1-4H3,(H,19,21). The van der Waals surface area contributed by atoms with E-state index in [0.717, 1.165) is 12.8 Å². The molecule has 0 radical (unpaired) electrons. The zero-order valence-corrected chi connectivity index (χ0v) is 14.7. The number of hydrogen-bond donors (Lipinski definition) is 1. The van der Waals surface area contributed by atoms with E-state index in [-0.39, 0.29) is 11.5 Å². The molecule has 2 rings (SSSR count). The fraction of sp³-hybridized carbons (Fsp3) is 0.556. The van der Waals surface area contributed by atoms with Gasteiger partial charge in [-0.05, 0) is 58.7 Å². The summed E-state index contributed by atoms with van der Waals surface area (Å²) in [5, 5.41) is 2.87. The van der Waals surface area contributed by atoms with Gasteiger partial charge in [-0.1, -0.05) is 6.07 Å². The molecule has 1 N–H and O–H groups in total. The number of amides is 1. The predicted molar refractivity (Wildman–Crippen MR) is 89.2 cm³/mol. The van der Waals surface area contributed by atoms with Crippen molar-refractivity contribution in [3.63, 3.8) is 0 Å². The third kappa shape index (κ3) is 5.44. The van der Waals surface area contributed by atoms with Gasteiger partial charge < -0.3 is 19.5 Å². The largest absolute Gasteiger partial charge is 0.491 e. The van der Waals surface area contributed by atoms with E-state index in [1.54, 1.807) is 31.2 Å². The SMILES string of the molecule is CCOC(=O)c1cccc(OCC2(NC(=O)OC(C)(C)C)CC2)c1. The molecule has 1 aliphatic rings. The van der Waals surface area contributed by atoms with E-state index in [4.69, 9.17) is 14.2 Å². The first-order valence-corrected chi connectivity index (χ1v) is 8.14. The van der Waals surface area contributed by atoms with E-state index in [2.05, 4.69) is 5.32 Å². The smallest absolute Gasteiger partial charge is 0.408 e. The summed E-state index contributed by atoms with van der Waals surface area (Å²) in [4.78, 5) is 23.6. The zero-order valence-electron chi connectivity index (χ0n) is 14.7. The maximum atomic E-state index is 11.9. The van der Waals surface area contributed by atoms with E-state index in [9.17, 15) is 9.59 Å². The van der Waals surface area contributed by atoms with Gasteiger partial charge >= 0.3 is 12.1 Å². The number of rotatable bonds is 6. The van der Waals surface area contributed by atoms with Crippen LogP contribution >= 0.6 is 0 Å². The molecule has 0 unspecified atom stereocenters. The van der Waals surface area contributed by atoms with Crippen LogP contribution in [-0.4, -0.2) is 36.4 Å². The van der Waals surface area contributed by atoms with Crippen LogP contribution in [0.25, 0.3) is 0 Å². The molecule has 1 aromatic carbocycles. The van der Waals surface area contributed by atoms with Gasteiger partial charge in [0.2, 0.25) is 0 Å². The summed E-state index contributed by atoms with van der Waals surface area (Å²) in [5.41, 5.74) is -0.476. The van der Waals surface area contributed by atoms with Crippen molar-refractivity contribution in [3.05, 3.63) is 29.8 Å². The molecular formula is C18H25NO5. The van der Waals surface area contributed by atoms with Gasteiger partial charge in [-0.15, -0.1) is 0 Å². The van der Waals surface area contributed by atoms with Gasteiger partial charge in [-0.3, -0.25) is 0 Å². The normalized spacial score (nSPS) is 15.3. The topological polar surface area (TPSA) is 73.9 Å². The lowest BCUT2D eigenvalue weighted by Crippen LogP contribution is -2.44. The second kappa shape index (κ2) is 7.11. The third-order valence-corrected chi connectivity index (χ3v) is 3.48. The first kappa shape index (κ1) is 18.1. The highest BCUT2D eigenvalue weighted by Gasteiger charge is 2.46. The minimum absolute atomic E-state index is 0.326. The van der Waals surface area contributed by atoms with Crippen LogP contribution in [0.2, 0.25) is 0 Å². The van der Waals surface area contributed by atoms with Gasteiger partial charge in [0.1, 0.15) is 18.0 Å². The number of ether oxygens (including phenoxy) is 3. The van der Waals surface area contributed by atoms with Crippen molar-refractivity contribution < 1.29 is 23.8 Å². The molecule has 1 saturated carbocycles. The molecule has 0 aromatic heterocycles. The Kier molecular flexibility index (Phi) is 5.36. The second-order valence-corrected chi connectivity index (χ2v) is 6.94. The van der Waals surface area contributed by atoms with Crippen molar-refractivity contribution in [1.82, 2.24) is 5.32 Å². The highest BCUT2D eigenvalue weighted by molar-refractivity contribution is 5.89. The summed E-state index contributed by atoms with van der Waals surface area (Å²) >= 11 is 0. The van der Waals surface area contributed by atoms with Crippen molar-refractivity contribution in [1.29, 1.82) is 0 Å². The number of hydrogen-bond acceptors (Lipinski definition) is 5. The van der Waals surface area contributed by atoms with E-state index in [0.29, 0.717) is 24.5 Å². The Bertz CT molecular complexity index is 602. The summed E-state index contributed by atoms with van der Waals surface area (Å²) in [6.07, 6.45) is 1.23. The van der Waals surface area contributed by atoms with Crippen LogP contribution in [0.5, 0.6) is 5.75 Å². The van der Waals surface area contributed by atoms with Gasteiger partial charge in [0.15, 0.2) is 0 Å². The van der Waals surface area contributed by atoms with Crippen molar-refractivity contribution in [2.45, 2.75) is 51.7 Å². The molecule has 1 amide bonds. The molecule has 0 atom stereocenters. The van der Waals surface area contributed by atoms with Crippen LogP contribution in [-0.2, 0) is 9.47 Å². The number of nitrogens with one attached hydrogen (secondary N) is 1. The zero-order chi connectivity index (χ0) is 17.8. The van der Waals surface area contributed by atoms with E-state index < -0.39 is 11.7 Å². The summed E-state index contributed by atoms with van der Waals surface area (Å²) in [6, 6.07) is 6.83. The molecule has 0 bridgehead atoms. The molecule has 1 aromatic rings. The van der Waals surface area contributed by atoms with Crippen molar-refractivity contribution in [2.75, 3.05) is 13.2 Å². The minimum atomic E-state index is -0.533. The van der Waals surface area contributed by atoms with Crippen molar-refractivity contribution >= 4 is 12.1 Å². The lowest BCUT2D eigenvalue weighted by Gasteiger charge is -2.23. The van der Waals surface area contributed by atoms with E-state index in [1.165, 1.54) is 0 Å². The third-order valence-electron chi connectivity index (χ3n) is 3.48. The first-order valence-electron chi connectivity index (χ1n) is 8.14. The maximum absolute atomic E-state index is 11.9. The Morgan fingerprint density at radius 3 is 2.54 bits per heavy atom. The Balaban J connectivity index is 1.90. The monoisotopic (exact) mass is 335 g/mol. The van der Waals surface area contributed by atoms with Gasteiger partial charge in [0.25, 0.3) is 0 Å². The van der Waals surface area contributed by atoms with Crippen LogP contribution in [0, 0.1) is 0 Å². The van der Waals surface area contributed by atoms with Crippen molar-refractivity contribution in [3.8, 4) is 5.75 Å². The Hall–Kier alpha value is -2.24. The van der Waals surface area contributed by atoms with Crippen LogP contribution in [0.3, 0.4) is 0 Å². The predicted octanol–water partition coefficient (Wildman–Crippen LogP) is 3.30. The van der Waals surface area contributed by atoms with Gasteiger partial charge in [0.05, 0.1) is 17.7 Å². The number of esters is 1. The molecule has 132 valence electrons. The van der Waals surface area contributed by atoms with E-state index in [1.807, 2.05) is 20.8 Å². The second-order valence-electron chi connectivity index (χ2n) is 6.94. The van der Waals surface area contributed by atoms with Gasteiger partial charge in [-0.2, -0.15) is 0 Å². The lowest BCUT2D eigenvalue weighted by molar-refractivity contribution is 0.0476. The molecule has 6 heteroatoms. The highest BCUT2D eigenvalue weighted by atomic mass is 16.6. The fourth-order valence-corrected chi connectivity index (χ4v) is 2.13. The first-order chi connectivity index (χ1) is 11.2. The quantitative estimate of drug-likeness (QED) is 0.808.